The maximum Gasteiger partial charge on any atom is 0.187 e. The highest BCUT2D eigenvalue weighted by atomic mass is 35.5. The Labute approximate surface area is 230 Å². The smallest absolute Gasteiger partial charge is 0.187 e. The van der Waals surface area contributed by atoms with Gasteiger partial charge in [-0.2, -0.15) is 5.10 Å². The number of halogens is 1. The van der Waals surface area contributed by atoms with Gasteiger partial charge in [-0.1, -0.05) is 67.9 Å². The van der Waals surface area contributed by atoms with Crippen molar-refractivity contribution in [3.63, 3.8) is 0 Å². The van der Waals surface area contributed by atoms with Crippen LogP contribution in [0.1, 0.15) is 49.8 Å². The number of nitrogens with one attached hydrogen (secondary N) is 2. The van der Waals surface area contributed by atoms with Crippen LogP contribution in [0.25, 0.3) is 0 Å². The van der Waals surface area contributed by atoms with E-state index in [4.69, 9.17) is 38.0 Å². The van der Waals surface area contributed by atoms with Gasteiger partial charge in [-0.25, -0.2) is 0 Å². The fourth-order valence-electron chi connectivity index (χ4n) is 3.48. The summed E-state index contributed by atoms with van der Waals surface area (Å²) in [6, 6.07) is 21.8. The molecule has 3 aromatic rings. The van der Waals surface area contributed by atoms with Gasteiger partial charge in [0.05, 0.1) is 17.8 Å². The zero-order chi connectivity index (χ0) is 26.5. The quantitative estimate of drug-likeness (QED) is 0.109. The van der Waals surface area contributed by atoms with E-state index in [9.17, 15) is 0 Å². The predicted octanol–water partition coefficient (Wildman–Crippen LogP) is 6.71. The van der Waals surface area contributed by atoms with Crippen LogP contribution in [-0.2, 0) is 6.54 Å². The van der Waals surface area contributed by atoms with Gasteiger partial charge in [-0.15, -0.1) is 0 Å². The number of hydrogen-bond donors (Lipinski definition) is 2. The first kappa shape index (κ1) is 28.3. The molecule has 0 unspecified atom stereocenters. The van der Waals surface area contributed by atoms with Crippen LogP contribution in [0.4, 0.5) is 0 Å². The lowest BCUT2D eigenvalue weighted by molar-refractivity contribution is 0.208. The molecule has 0 aliphatic carbocycles. The molecule has 37 heavy (non-hydrogen) atoms. The molecule has 0 aliphatic heterocycles. The third-order valence-corrected chi connectivity index (χ3v) is 6.18. The van der Waals surface area contributed by atoms with Crippen molar-refractivity contribution >= 4 is 35.1 Å². The standard InChI is InChI=1S/C29H34ClN3O3S/c1-4-21(3)24-11-13-25(14-12-24)35-15-16-36-28-26(30)17-23(18-27(28)34-5-2)20-32-33-29(37)31-19-22-9-7-6-8-10-22/h6-14,17-18,20-21H,4-5,15-16,19H2,1-3H3,(H2,31,33,37)/b32-20-/t21-/m0/s1. The van der Waals surface area contributed by atoms with Crippen LogP contribution in [0.3, 0.4) is 0 Å². The molecule has 0 spiro atoms. The Bertz CT molecular complexity index is 1160. The highest BCUT2D eigenvalue weighted by Crippen LogP contribution is 2.36. The van der Waals surface area contributed by atoms with E-state index in [0.29, 0.717) is 53.9 Å². The van der Waals surface area contributed by atoms with Gasteiger partial charge in [-0.3, -0.25) is 5.43 Å². The van der Waals surface area contributed by atoms with Crippen molar-refractivity contribution < 1.29 is 14.2 Å². The normalized spacial score (nSPS) is 11.7. The van der Waals surface area contributed by atoms with Gasteiger partial charge in [0.15, 0.2) is 16.6 Å². The zero-order valence-electron chi connectivity index (χ0n) is 21.5. The maximum absolute atomic E-state index is 6.52. The van der Waals surface area contributed by atoms with Crippen LogP contribution in [-0.4, -0.2) is 31.1 Å². The van der Waals surface area contributed by atoms with E-state index in [0.717, 1.165) is 23.3 Å². The van der Waals surface area contributed by atoms with Crippen LogP contribution in [0.15, 0.2) is 71.8 Å². The molecule has 196 valence electrons. The van der Waals surface area contributed by atoms with Gasteiger partial charge in [0.2, 0.25) is 0 Å². The summed E-state index contributed by atoms with van der Waals surface area (Å²) >= 11 is 11.8. The Balaban J connectivity index is 1.51. The Morgan fingerprint density at radius 3 is 2.43 bits per heavy atom. The van der Waals surface area contributed by atoms with E-state index < -0.39 is 0 Å². The largest absolute Gasteiger partial charge is 0.490 e. The maximum atomic E-state index is 6.52. The Morgan fingerprint density at radius 2 is 1.73 bits per heavy atom. The first-order valence-electron chi connectivity index (χ1n) is 12.4. The van der Waals surface area contributed by atoms with Crippen LogP contribution in [0, 0.1) is 0 Å². The van der Waals surface area contributed by atoms with E-state index in [-0.39, 0.29) is 0 Å². The van der Waals surface area contributed by atoms with Crippen molar-refractivity contribution in [1.82, 2.24) is 10.7 Å². The SMILES string of the molecule is CCOc1cc(/C=N\NC(=S)NCc2ccccc2)cc(Cl)c1OCCOc1ccc([C@@H](C)CC)cc1. The van der Waals surface area contributed by atoms with Crippen LogP contribution >= 0.6 is 23.8 Å². The molecule has 0 aliphatic rings. The molecule has 6 nitrogen and oxygen atoms in total. The second-order valence-corrected chi connectivity index (χ2v) is 9.19. The number of nitrogens with zero attached hydrogens (tertiary/aromatic N) is 1. The lowest BCUT2D eigenvalue weighted by atomic mass is 9.99. The molecule has 1 atom stereocenters. The molecule has 2 N–H and O–H groups in total. The topological polar surface area (TPSA) is 64.1 Å². The van der Waals surface area contributed by atoms with Crippen molar-refractivity contribution in [3.05, 3.63) is 88.4 Å². The molecular weight excluding hydrogens is 506 g/mol. The van der Waals surface area contributed by atoms with E-state index in [1.165, 1.54) is 5.56 Å². The Morgan fingerprint density at radius 1 is 1.00 bits per heavy atom. The lowest BCUT2D eigenvalue weighted by Gasteiger charge is -2.15. The third-order valence-electron chi connectivity index (χ3n) is 5.67. The minimum absolute atomic E-state index is 0.323. The highest BCUT2D eigenvalue weighted by molar-refractivity contribution is 7.80. The monoisotopic (exact) mass is 539 g/mol. The molecule has 0 radical (unpaired) electrons. The second-order valence-electron chi connectivity index (χ2n) is 8.38. The molecule has 0 saturated heterocycles. The van der Waals surface area contributed by atoms with Gasteiger partial charge in [0.1, 0.15) is 19.0 Å². The van der Waals surface area contributed by atoms with Crippen LogP contribution in [0.2, 0.25) is 5.02 Å². The number of benzene rings is 3. The molecule has 8 heteroatoms. The summed E-state index contributed by atoms with van der Waals surface area (Å²) in [7, 11) is 0. The van der Waals surface area contributed by atoms with Crippen LogP contribution < -0.4 is 25.0 Å². The van der Waals surface area contributed by atoms with Crippen molar-refractivity contribution in [1.29, 1.82) is 0 Å². The van der Waals surface area contributed by atoms with Crippen molar-refractivity contribution in [3.8, 4) is 17.2 Å². The fourth-order valence-corrected chi connectivity index (χ4v) is 3.88. The number of rotatable bonds is 13. The summed E-state index contributed by atoms with van der Waals surface area (Å²) in [5.74, 6) is 2.36. The summed E-state index contributed by atoms with van der Waals surface area (Å²) in [5.41, 5.74) is 6.00. The fraction of sp³-hybridized carbons (Fsp3) is 0.310. The number of hydrogen-bond acceptors (Lipinski definition) is 5. The van der Waals surface area contributed by atoms with Gasteiger partial charge in [-0.05, 0) is 72.4 Å². The summed E-state index contributed by atoms with van der Waals surface area (Å²) in [4.78, 5) is 0. The summed E-state index contributed by atoms with van der Waals surface area (Å²) in [5, 5.41) is 8.16. The Hall–Kier alpha value is -3.29. The molecule has 0 bridgehead atoms. The summed E-state index contributed by atoms with van der Waals surface area (Å²) < 4.78 is 17.5. The van der Waals surface area contributed by atoms with Gasteiger partial charge < -0.3 is 19.5 Å². The Kier molecular flexibility index (Phi) is 11.5. The summed E-state index contributed by atoms with van der Waals surface area (Å²) in [6.45, 7) is 8.10. The average Bonchev–Trinajstić information content (AvgIpc) is 2.91. The van der Waals surface area contributed by atoms with E-state index in [2.05, 4.69) is 41.8 Å². The van der Waals surface area contributed by atoms with Gasteiger partial charge >= 0.3 is 0 Å². The second kappa shape index (κ2) is 15.1. The lowest BCUT2D eigenvalue weighted by Crippen LogP contribution is -2.31. The first-order chi connectivity index (χ1) is 18.0. The number of ether oxygens (including phenoxy) is 3. The molecule has 0 aromatic heterocycles. The molecular formula is C29H34ClN3O3S. The number of hydrazone groups is 1. The zero-order valence-corrected chi connectivity index (χ0v) is 23.1. The third kappa shape index (κ3) is 9.26. The highest BCUT2D eigenvalue weighted by Gasteiger charge is 2.12. The minimum atomic E-state index is 0.323. The van der Waals surface area contributed by atoms with Gasteiger partial charge in [0, 0.05) is 6.54 Å². The van der Waals surface area contributed by atoms with E-state index in [1.54, 1.807) is 12.3 Å². The van der Waals surface area contributed by atoms with Crippen LogP contribution in [0.5, 0.6) is 17.2 Å². The van der Waals surface area contributed by atoms with Crippen molar-refractivity contribution in [2.24, 2.45) is 5.10 Å². The first-order valence-corrected chi connectivity index (χ1v) is 13.2. The van der Waals surface area contributed by atoms with E-state index in [1.807, 2.05) is 55.5 Å². The molecule has 3 aromatic carbocycles. The molecule has 0 saturated carbocycles. The number of thiocarbonyl (C=S) groups is 1. The molecule has 3 rings (SSSR count). The van der Waals surface area contributed by atoms with Gasteiger partial charge in [0.25, 0.3) is 0 Å². The average molecular weight is 540 g/mol. The van der Waals surface area contributed by atoms with Crippen molar-refractivity contribution in [2.45, 2.75) is 39.7 Å². The molecule has 0 fully saturated rings. The van der Waals surface area contributed by atoms with Crippen molar-refractivity contribution in [2.75, 3.05) is 19.8 Å². The molecule has 0 heterocycles. The minimum Gasteiger partial charge on any atom is -0.490 e. The molecule has 0 amide bonds. The predicted molar refractivity (Wildman–Crippen MR) is 155 cm³/mol. The summed E-state index contributed by atoms with van der Waals surface area (Å²) in [6.07, 6.45) is 2.73. The van der Waals surface area contributed by atoms with E-state index >= 15 is 0 Å².